The summed E-state index contributed by atoms with van der Waals surface area (Å²) in [5.74, 6) is 0.408. The topological polar surface area (TPSA) is 69.6 Å². The van der Waals surface area contributed by atoms with E-state index in [9.17, 15) is 8.42 Å². The van der Waals surface area contributed by atoms with Crippen LogP contribution in [0.1, 0.15) is 46.0 Å². The fourth-order valence-electron chi connectivity index (χ4n) is 1.69. The Morgan fingerprint density at radius 3 is 2.44 bits per heavy atom. The number of hydrogen-bond donors (Lipinski definition) is 2. The molecule has 0 saturated heterocycles. The third kappa shape index (κ3) is 7.31. The van der Waals surface area contributed by atoms with E-state index in [0.717, 1.165) is 25.7 Å². The second kappa shape index (κ2) is 9.72. The minimum atomic E-state index is -3.39. The Bertz CT molecular complexity index is 294. The van der Waals surface area contributed by atoms with Crippen LogP contribution in [-0.4, -0.2) is 44.6 Å². The average molecular weight is 280 g/mol. The van der Waals surface area contributed by atoms with Gasteiger partial charge in [0.15, 0.2) is 0 Å². The van der Waals surface area contributed by atoms with E-state index < -0.39 is 10.2 Å². The highest BCUT2D eigenvalue weighted by atomic mass is 32.2. The van der Waals surface area contributed by atoms with Gasteiger partial charge in [-0.05, 0) is 18.8 Å². The van der Waals surface area contributed by atoms with E-state index in [-0.39, 0.29) is 6.61 Å². The lowest BCUT2D eigenvalue weighted by atomic mass is 10.00. The maximum absolute atomic E-state index is 11.9. The summed E-state index contributed by atoms with van der Waals surface area (Å²) in [6.45, 7) is 5.08. The van der Waals surface area contributed by atoms with E-state index >= 15 is 0 Å². The van der Waals surface area contributed by atoms with Gasteiger partial charge in [-0.15, -0.1) is 0 Å². The number of hydrogen-bond acceptors (Lipinski definition) is 3. The SMILES string of the molecule is CCCCC(CC)CNS(=O)(=O)N(C)CCCO. The fraction of sp³-hybridized carbons (Fsp3) is 1.00. The molecule has 0 bridgehead atoms. The second-order valence-electron chi connectivity index (χ2n) is 4.67. The summed E-state index contributed by atoms with van der Waals surface area (Å²) in [6, 6.07) is 0. The molecule has 18 heavy (non-hydrogen) atoms. The summed E-state index contributed by atoms with van der Waals surface area (Å²) >= 11 is 0. The summed E-state index contributed by atoms with van der Waals surface area (Å²) in [6.07, 6.45) is 4.80. The molecule has 0 aliphatic heterocycles. The zero-order valence-corrected chi connectivity index (χ0v) is 12.7. The van der Waals surface area contributed by atoms with Crippen molar-refractivity contribution in [1.82, 2.24) is 9.03 Å². The van der Waals surface area contributed by atoms with Gasteiger partial charge in [-0.3, -0.25) is 0 Å². The van der Waals surface area contributed by atoms with Crippen LogP contribution in [0.2, 0.25) is 0 Å². The lowest BCUT2D eigenvalue weighted by Gasteiger charge is -2.20. The maximum Gasteiger partial charge on any atom is 0.279 e. The van der Waals surface area contributed by atoms with Crippen molar-refractivity contribution >= 4 is 10.2 Å². The van der Waals surface area contributed by atoms with E-state index in [2.05, 4.69) is 18.6 Å². The van der Waals surface area contributed by atoms with Gasteiger partial charge >= 0.3 is 0 Å². The highest BCUT2D eigenvalue weighted by Crippen LogP contribution is 2.12. The molecule has 5 nitrogen and oxygen atoms in total. The van der Waals surface area contributed by atoms with Crippen molar-refractivity contribution in [2.24, 2.45) is 5.92 Å². The predicted octanol–water partition coefficient (Wildman–Crippen LogP) is 1.35. The van der Waals surface area contributed by atoms with Crippen LogP contribution in [0.3, 0.4) is 0 Å². The Kier molecular flexibility index (Phi) is 9.63. The molecule has 6 heteroatoms. The minimum Gasteiger partial charge on any atom is -0.396 e. The molecular formula is C12H28N2O3S. The van der Waals surface area contributed by atoms with Gasteiger partial charge in [0.2, 0.25) is 0 Å². The Hall–Kier alpha value is -0.170. The molecular weight excluding hydrogens is 252 g/mol. The third-order valence-corrected chi connectivity index (χ3v) is 4.67. The van der Waals surface area contributed by atoms with Gasteiger partial charge in [-0.2, -0.15) is 12.7 Å². The van der Waals surface area contributed by atoms with Gasteiger partial charge in [0.1, 0.15) is 0 Å². The molecule has 0 aromatic carbocycles. The number of aliphatic hydroxyl groups excluding tert-OH is 1. The number of unbranched alkanes of at least 4 members (excludes halogenated alkanes) is 1. The first kappa shape index (κ1) is 17.8. The van der Waals surface area contributed by atoms with Gasteiger partial charge in [0.25, 0.3) is 10.2 Å². The van der Waals surface area contributed by atoms with Gasteiger partial charge in [0.05, 0.1) is 0 Å². The molecule has 0 spiro atoms. The average Bonchev–Trinajstić information content (AvgIpc) is 2.36. The van der Waals surface area contributed by atoms with Crippen LogP contribution in [0.15, 0.2) is 0 Å². The van der Waals surface area contributed by atoms with E-state index in [1.807, 2.05) is 0 Å². The highest BCUT2D eigenvalue weighted by molar-refractivity contribution is 7.87. The van der Waals surface area contributed by atoms with Crippen molar-refractivity contribution in [1.29, 1.82) is 0 Å². The van der Waals surface area contributed by atoms with Crippen LogP contribution in [0.25, 0.3) is 0 Å². The van der Waals surface area contributed by atoms with Crippen LogP contribution in [0.5, 0.6) is 0 Å². The number of nitrogens with zero attached hydrogens (tertiary/aromatic N) is 1. The smallest absolute Gasteiger partial charge is 0.279 e. The highest BCUT2D eigenvalue weighted by Gasteiger charge is 2.18. The monoisotopic (exact) mass is 280 g/mol. The van der Waals surface area contributed by atoms with Gasteiger partial charge < -0.3 is 5.11 Å². The maximum atomic E-state index is 11.9. The van der Waals surface area contributed by atoms with Crippen LogP contribution in [0, 0.1) is 5.92 Å². The molecule has 0 aliphatic rings. The molecule has 2 N–H and O–H groups in total. The normalized spacial score (nSPS) is 14.1. The third-order valence-electron chi connectivity index (χ3n) is 3.14. The summed E-state index contributed by atoms with van der Waals surface area (Å²) in [7, 11) is -1.86. The van der Waals surface area contributed by atoms with Crippen LogP contribution in [-0.2, 0) is 10.2 Å². The number of nitrogens with one attached hydrogen (secondary N) is 1. The van der Waals surface area contributed by atoms with Crippen molar-refractivity contribution < 1.29 is 13.5 Å². The van der Waals surface area contributed by atoms with Crippen LogP contribution in [0.4, 0.5) is 0 Å². The molecule has 0 saturated carbocycles. The van der Waals surface area contributed by atoms with Crippen molar-refractivity contribution in [3.63, 3.8) is 0 Å². The van der Waals surface area contributed by atoms with Crippen molar-refractivity contribution in [2.75, 3.05) is 26.7 Å². The second-order valence-corrected chi connectivity index (χ2v) is 6.53. The molecule has 0 aromatic heterocycles. The Morgan fingerprint density at radius 2 is 1.94 bits per heavy atom. The van der Waals surface area contributed by atoms with Crippen molar-refractivity contribution in [2.45, 2.75) is 46.0 Å². The molecule has 110 valence electrons. The molecule has 0 aliphatic carbocycles. The van der Waals surface area contributed by atoms with Crippen molar-refractivity contribution in [3.8, 4) is 0 Å². The Balaban J connectivity index is 4.14. The largest absolute Gasteiger partial charge is 0.396 e. The molecule has 0 aromatic rings. The zero-order valence-electron chi connectivity index (χ0n) is 11.9. The Labute approximate surface area is 112 Å². The summed E-state index contributed by atoms with van der Waals surface area (Å²) in [4.78, 5) is 0. The van der Waals surface area contributed by atoms with Gasteiger partial charge in [-0.25, -0.2) is 4.72 Å². The number of aliphatic hydroxyl groups is 1. The lowest BCUT2D eigenvalue weighted by Crippen LogP contribution is -2.41. The van der Waals surface area contributed by atoms with E-state index in [1.165, 1.54) is 11.4 Å². The Morgan fingerprint density at radius 1 is 1.28 bits per heavy atom. The first-order valence-electron chi connectivity index (χ1n) is 6.79. The van der Waals surface area contributed by atoms with Crippen molar-refractivity contribution in [3.05, 3.63) is 0 Å². The predicted molar refractivity (Wildman–Crippen MR) is 74.6 cm³/mol. The molecule has 0 amide bonds. The first-order valence-corrected chi connectivity index (χ1v) is 8.23. The molecule has 0 fully saturated rings. The van der Waals surface area contributed by atoms with Gasteiger partial charge in [-0.1, -0.05) is 33.1 Å². The quantitative estimate of drug-likeness (QED) is 0.600. The molecule has 1 atom stereocenters. The van der Waals surface area contributed by atoms with E-state index in [4.69, 9.17) is 5.11 Å². The summed E-state index contributed by atoms with van der Waals surface area (Å²) in [5.41, 5.74) is 0. The first-order chi connectivity index (χ1) is 8.47. The van der Waals surface area contributed by atoms with Crippen LogP contribution >= 0.6 is 0 Å². The van der Waals surface area contributed by atoms with E-state index in [1.54, 1.807) is 0 Å². The zero-order chi connectivity index (χ0) is 14.0. The number of rotatable bonds is 11. The molecule has 0 heterocycles. The fourth-order valence-corrected chi connectivity index (χ4v) is 2.73. The van der Waals surface area contributed by atoms with E-state index in [0.29, 0.717) is 25.4 Å². The summed E-state index contributed by atoms with van der Waals surface area (Å²) in [5, 5.41) is 8.69. The standard InChI is InChI=1S/C12H28N2O3S/c1-4-6-8-12(5-2)11-13-18(16,17)14(3)9-7-10-15/h12-13,15H,4-11H2,1-3H3. The summed E-state index contributed by atoms with van der Waals surface area (Å²) < 4.78 is 27.6. The molecule has 0 radical (unpaired) electrons. The van der Waals surface area contributed by atoms with Crippen LogP contribution < -0.4 is 4.72 Å². The van der Waals surface area contributed by atoms with Gasteiger partial charge in [0, 0.05) is 26.7 Å². The lowest BCUT2D eigenvalue weighted by molar-refractivity contribution is 0.275. The minimum absolute atomic E-state index is 0.00788. The molecule has 1 unspecified atom stereocenters. The molecule has 0 rings (SSSR count).